The molecule has 6 heteroatoms. The van der Waals surface area contributed by atoms with Gasteiger partial charge in [-0.15, -0.1) is 11.8 Å². The molecule has 0 amide bonds. The van der Waals surface area contributed by atoms with Crippen molar-refractivity contribution >= 4 is 23.5 Å². The smallest absolute Gasteiger partial charge is 0.251 e. The van der Waals surface area contributed by atoms with E-state index in [4.69, 9.17) is 0 Å². The van der Waals surface area contributed by atoms with Crippen LogP contribution in [0.1, 0.15) is 25.0 Å². The highest BCUT2D eigenvalue weighted by Gasteiger charge is 2.10. The molecule has 24 heavy (non-hydrogen) atoms. The Bertz CT molecular complexity index is 684. The zero-order valence-corrected chi connectivity index (χ0v) is 15.4. The van der Waals surface area contributed by atoms with Crippen LogP contribution in [0.15, 0.2) is 51.2 Å². The lowest BCUT2D eigenvalue weighted by molar-refractivity contribution is 0.242. The fourth-order valence-electron chi connectivity index (χ4n) is 2.75. The fraction of sp³-hybridized carbons (Fsp3) is 0.444. The van der Waals surface area contributed by atoms with E-state index in [1.807, 2.05) is 18.2 Å². The Kier molecular flexibility index (Phi) is 6.81. The van der Waals surface area contributed by atoms with Crippen molar-refractivity contribution in [2.45, 2.75) is 35.1 Å². The van der Waals surface area contributed by atoms with Crippen molar-refractivity contribution in [3.8, 4) is 0 Å². The van der Waals surface area contributed by atoms with Crippen LogP contribution in [-0.2, 0) is 5.75 Å². The molecular formula is C18H23N3OS2. The SMILES string of the molecule is O=c1cc(CSc2ccccc2)nc(SCCN2CCCCC2)[nH]1. The molecule has 1 aliphatic heterocycles. The first kappa shape index (κ1) is 17.6. The minimum Gasteiger partial charge on any atom is -0.303 e. The number of nitrogens with zero attached hydrogens (tertiary/aromatic N) is 2. The third-order valence-corrected chi connectivity index (χ3v) is 5.90. The third kappa shape index (κ3) is 5.69. The molecule has 0 aliphatic carbocycles. The Hall–Kier alpha value is -1.24. The van der Waals surface area contributed by atoms with Crippen LogP contribution in [0.25, 0.3) is 0 Å². The van der Waals surface area contributed by atoms with Gasteiger partial charge in [0.25, 0.3) is 5.56 Å². The van der Waals surface area contributed by atoms with E-state index in [1.54, 1.807) is 29.6 Å². The molecule has 0 bridgehead atoms. The summed E-state index contributed by atoms with van der Waals surface area (Å²) in [6.45, 7) is 3.48. The van der Waals surface area contributed by atoms with Crippen LogP contribution >= 0.6 is 23.5 Å². The molecular weight excluding hydrogens is 338 g/mol. The Balaban J connectivity index is 1.52. The molecule has 1 N–H and O–H groups in total. The maximum atomic E-state index is 11.9. The summed E-state index contributed by atoms with van der Waals surface area (Å²) in [4.78, 5) is 23.0. The van der Waals surface area contributed by atoms with Gasteiger partial charge in [0.15, 0.2) is 5.16 Å². The van der Waals surface area contributed by atoms with Gasteiger partial charge >= 0.3 is 0 Å². The first-order valence-electron chi connectivity index (χ1n) is 8.43. The summed E-state index contributed by atoms with van der Waals surface area (Å²) in [5, 5.41) is 0.739. The van der Waals surface area contributed by atoms with Crippen LogP contribution in [0.3, 0.4) is 0 Å². The van der Waals surface area contributed by atoms with Gasteiger partial charge in [0.05, 0.1) is 5.69 Å². The van der Waals surface area contributed by atoms with Crippen molar-refractivity contribution in [1.29, 1.82) is 0 Å². The van der Waals surface area contributed by atoms with E-state index in [9.17, 15) is 4.79 Å². The van der Waals surface area contributed by atoms with Gasteiger partial charge in [-0.3, -0.25) is 4.79 Å². The molecule has 1 aromatic heterocycles. The second kappa shape index (κ2) is 9.30. The van der Waals surface area contributed by atoms with Crippen molar-refractivity contribution < 1.29 is 0 Å². The zero-order valence-electron chi connectivity index (χ0n) is 13.7. The lowest BCUT2D eigenvalue weighted by atomic mass is 10.1. The molecule has 1 aliphatic rings. The molecule has 2 heterocycles. The van der Waals surface area contributed by atoms with E-state index >= 15 is 0 Å². The van der Waals surface area contributed by atoms with E-state index in [-0.39, 0.29) is 5.56 Å². The van der Waals surface area contributed by atoms with Gasteiger partial charge < -0.3 is 9.88 Å². The van der Waals surface area contributed by atoms with Gasteiger partial charge in [-0.25, -0.2) is 4.98 Å². The number of likely N-dealkylation sites (tertiary alicyclic amines) is 1. The highest BCUT2D eigenvalue weighted by molar-refractivity contribution is 7.99. The molecule has 0 atom stereocenters. The van der Waals surface area contributed by atoms with E-state index in [0.29, 0.717) is 5.75 Å². The Morgan fingerprint density at radius 2 is 1.88 bits per heavy atom. The predicted octanol–water partition coefficient (Wildman–Crippen LogP) is 3.64. The van der Waals surface area contributed by atoms with Gasteiger partial charge in [0, 0.05) is 29.0 Å². The molecule has 0 spiro atoms. The first-order valence-corrected chi connectivity index (χ1v) is 10.4. The Morgan fingerprint density at radius 1 is 1.08 bits per heavy atom. The molecule has 0 unspecified atom stereocenters. The number of aromatic amines is 1. The van der Waals surface area contributed by atoms with E-state index in [2.05, 4.69) is 27.0 Å². The summed E-state index contributed by atoms with van der Waals surface area (Å²) in [6, 6.07) is 11.8. The summed E-state index contributed by atoms with van der Waals surface area (Å²) in [5.41, 5.74) is 0.780. The highest BCUT2D eigenvalue weighted by Crippen LogP contribution is 2.22. The Labute approximate surface area is 151 Å². The molecule has 128 valence electrons. The maximum absolute atomic E-state index is 11.9. The minimum absolute atomic E-state index is 0.0610. The summed E-state index contributed by atoms with van der Waals surface area (Å²) in [7, 11) is 0. The van der Waals surface area contributed by atoms with Crippen LogP contribution in [-0.4, -0.2) is 40.3 Å². The summed E-state index contributed by atoms with van der Waals surface area (Å²) in [6.07, 6.45) is 3.98. The number of rotatable bonds is 7. The first-order chi connectivity index (χ1) is 11.8. The van der Waals surface area contributed by atoms with Crippen LogP contribution in [0, 0.1) is 0 Å². The minimum atomic E-state index is -0.0610. The van der Waals surface area contributed by atoms with E-state index in [1.165, 1.54) is 37.2 Å². The lowest BCUT2D eigenvalue weighted by Gasteiger charge is -2.25. The molecule has 1 aromatic carbocycles. The molecule has 3 rings (SSSR count). The highest BCUT2D eigenvalue weighted by atomic mass is 32.2. The second-order valence-corrected chi connectivity index (χ2v) is 8.03. The van der Waals surface area contributed by atoms with Gasteiger partial charge in [-0.1, -0.05) is 36.4 Å². The number of thioether (sulfide) groups is 2. The zero-order chi connectivity index (χ0) is 16.6. The third-order valence-electron chi connectivity index (χ3n) is 4.00. The molecule has 0 saturated carbocycles. The van der Waals surface area contributed by atoms with Crippen molar-refractivity contribution in [1.82, 2.24) is 14.9 Å². The molecule has 1 saturated heterocycles. The van der Waals surface area contributed by atoms with Crippen LogP contribution in [0.4, 0.5) is 0 Å². The molecule has 4 nitrogen and oxygen atoms in total. The number of hydrogen-bond donors (Lipinski definition) is 1. The molecule has 1 fully saturated rings. The van der Waals surface area contributed by atoms with Gasteiger partial charge in [0.2, 0.25) is 0 Å². The number of benzene rings is 1. The normalized spacial score (nSPS) is 15.5. The Morgan fingerprint density at radius 3 is 2.67 bits per heavy atom. The second-order valence-electron chi connectivity index (χ2n) is 5.89. The fourth-order valence-corrected chi connectivity index (χ4v) is 4.46. The number of H-pyrrole nitrogens is 1. The molecule has 0 radical (unpaired) electrons. The van der Waals surface area contributed by atoms with Crippen molar-refractivity contribution in [3.63, 3.8) is 0 Å². The van der Waals surface area contributed by atoms with Crippen LogP contribution in [0.5, 0.6) is 0 Å². The predicted molar refractivity (Wildman–Crippen MR) is 102 cm³/mol. The standard InChI is InChI=1S/C18H23N3OS2/c22-17-13-15(14-24-16-7-3-1-4-8-16)19-18(20-17)23-12-11-21-9-5-2-6-10-21/h1,3-4,7-8,13H,2,5-6,9-12,14H2,(H,19,20,22). The number of hydrogen-bond acceptors (Lipinski definition) is 5. The van der Waals surface area contributed by atoms with Gasteiger partial charge in [0.1, 0.15) is 0 Å². The molecule has 2 aromatic rings. The topological polar surface area (TPSA) is 49.0 Å². The van der Waals surface area contributed by atoms with Crippen LogP contribution < -0.4 is 5.56 Å². The largest absolute Gasteiger partial charge is 0.303 e. The summed E-state index contributed by atoms with van der Waals surface area (Å²) in [5.74, 6) is 1.69. The van der Waals surface area contributed by atoms with Crippen LogP contribution in [0.2, 0.25) is 0 Å². The monoisotopic (exact) mass is 361 g/mol. The van der Waals surface area contributed by atoms with Gasteiger partial charge in [-0.2, -0.15) is 0 Å². The van der Waals surface area contributed by atoms with Crippen molar-refractivity contribution in [3.05, 3.63) is 52.4 Å². The quantitative estimate of drug-likeness (QED) is 0.603. The van der Waals surface area contributed by atoms with E-state index in [0.717, 1.165) is 23.1 Å². The average molecular weight is 362 g/mol. The average Bonchev–Trinajstić information content (AvgIpc) is 2.61. The maximum Gasteiger partial charge on any atom is 0.251 e. The number of nitrogens with one attached hydrogen (secondary N) is 1. The summed E-state index contributed by atoms with van der Waals surface area (Å²) < 4.78 is 0. The number of piperidine rings is 1. The van der Waals surface area contributed by atoms with Crippen molar-refractivity contribution in [2.24, 2.45) is 0 Å². The lowest BCUT2D eigenvalue weighted by Crippen LogP contribution is -2.31. The van der Waals surface area contributed by atoms with Gasteiger partial charge in [-0.05, 0) is 38.1 Å². The van der Waals surface area contributed by atoms with E-state index < -0.39 is 0 Å². The number of aromatic nitrogens is 2. The van der Waals surface area contributed by atoms with Crippen molar-refractivity contribution in [2.75, 3.05) is 25.4 Å². The summed E-state index contributed by atoms with van der Waals surface area (Å²) >= 11 is 3.35.